The van der Waals surface area contributed by atoms with Crippen molar-refractivity contribution in [1.29, 1.82) is 5.26 Å². The highest BCUT2D eigenvalue weighted by Crippen LogP contribution is 2.28. The third kappa shape index (κ3) is 3.06. The van der Waals surface area contributed by atoms with Gasteiger partial charge in [0.25, 0.3) is 0 Å². The zero-order valence-electron chi connectivity index (χ0n) is 13.6. The molecule has 1 N–H and O–H groups in total. The maximum Gasteiger partial charge on any atom is 0.147 e. The van der Waals surface area contributed by atoms with Gasteiger partial charge in [0.05, 0.1) is 17.3 Å². The third-order valence-corrected chi connectivity index (χ3v) is 3.45. The lowest BCUT2D eigenvalue weighted by molar-refractivity contribution is 0.629. The first-order chi connectivity index (χ1) is 12.0. The van der Waals surface area contributed by atoms with Gasteiger partial charge in [0.15, 0.2) is 0 Å². The molecule has 1 aromatic heterocycles. The molecule has 0 spiro atoms. The van der Waals surface area contributed by atoms with E-state index in [4.69, 9.17) is 6.63 Å². The molecule has 0 saturated heterocycles. The Hall–Kier alpha value is -3.33. The Kier molecular flexibility index (Phi) is 3.82. The summed E-state index contributed by atoms with van der Waals surface area (Å²) in [6.45, 7) is 1.70. The number of allylic oxidation sites excluding steroid dienone is 1. The summed E-state index contributed by atoms with van der Waals surface area (Å²) < 4.78 is 35.7. The SMILES string of the molecule is [2H]c1nc(Nc2c(C)cc(C=CC#N)cc2F)c2cc(F)ccc2n1. The van der Waals surface area contributed by atoms with Crippen LogP contribution in [0.3, 0.4) is 0 Å². The molecule has 0 aliphatic heterocycles. The van der Waals surface area contributed by atoms with Crippen LogP contribution in [0, 0.1) is 29.9 Å². The third-order valence-electron chi connectivity index (χ3n) is 3.45. The van der Waals surface area contributed by atoms with Crippen LogP contribution in [0.1, 0.15) is 12.5 Å². The second-order valence-electron chi connectivity index (χ2n) is 5.12. The van der Waals surface area contributed by atoms with Crippen LogP contribution in [0.5, 0.6) is 0 Å². The number of aromatic nitrogens is 2. The molecule has 4 nitrogen and oxygen atoms in total. The average Bonchev–Trinajstić information content (AvgIpc) is 2.56. The first kappa shape index (κ1) is 14.3. The predicted molar refractivity (Wildman–Crippen MR) is 88.6 cm³/mol. The van der Waals surface area contributed by atoms with Gasteiger partial charge < -0.3 is 5.32 Å². The van der Waals surface area contributed by atoms with Crippen molar-refractivity contribution in [3.63, 3.8) is 0 Å². The van der Waals surface area contributed by atoms with E-state index < -0.39 is 11.6 Å². The van der Waals surface area contributed by atoms with Crippen LogP contribution in [0.25, 0.3) is 17.0 Å². The summed E-state index contributed by atoms with van der Waals surface area (Å²) in [5.74, 6) is -0.879. The molecule has 2 aromatic carbocycles. The molecule has 6 heteroatoms. The maximum absolute atomic E-state index is 14.5. The van der Waals surface area contributed by atoms with Crippen LogP contribution >= 0.6 is 0 Å². The standard InChI is InChI=1S/C18H12F2N4/c1-11-7-12(3-2-6-21)8-15(20)17(11)24-18-14-9-13(19)4-5-16(14)22-10-23-18/h2-5,7-10H,1H3,(H,22,23,24)/i10D. The van der Waals surface area contributed by atoms with Crippen LogP contribution in [-0.2, 0) is 0 Å². The monoisotopic (exact) mass is 323 g/mol. The molecule has 0 bridgehead atoms. The molecule has 118 valence electrons. The Balaban J connectivity index is 2.09. The molecule has 0 atom stereocenters. The van der Waals surface area contributed by atoms with E-state index in [1.54, 1.807) is 13.0 Å². The van der Waals surface area contributed by atoms with Gasteiger partial charge in [-0.2, -0.15) is 5.26 Å². The Morgan fingerprint density at radius 2 is 2.08 bits per heavy atom. The van der Waals surface area contributed by atoms with Crippen molar-refractivity contribution >= 4 is 28.5 Å². The van der Waals surface area contributed by atoms with Gasteiger partial charge in [-0.3, -0.25) is 0 Å². The summed E-state index contributed by atoms with van der Waals surface area (Å²) in [6.07, 6.45) is 2.50. The first-order valence-electron chi connectivity index (χ1n) is 7.55. The highest BCUT2D eigenvalue weighted by atomic mass is 19.1. The van der Waals surface area contributed by atoms with E-state index in [1.165, 1.54) is 36.4 Å². The highest BCUT2D eigenvalue weighted by Gasteiger charge is 2.11. The van der Waals surface area contributed by atoms with Crippen LogP contribution in [-0.4, -0.2) is 9.97 Å². The summed E-state index contributed by atoms with van der Waals surface area (Å²) in [5.41, 5.74) is 1.67. The van der Waals surface area contributed by atoms with Gasteiger partial charge in [0.1, 0.15) is 25.1 Å². The molecule has 0 fully saturated rings. The lowest BCUT2D eigenvalue weighted by Crippen LogP contribution is -2.01. The minimum absolute atomic E-state index is 0.150. The van der Waals surface area contributed by atoms with Crippen LogP contribution in [0.2, 0.25) is 0 Å². The van der Waals surface area contributed by atoms with E-state index in [2.05, 4.69) is 15.3 Å². The number of nitrogens with zero attached hydrogens (tertiary/aromatic N) is 3. The van der Waals surface area contributed by atoms with Crippen molar-refractivity contribution in [1.82, 2.24) is 9.97 Å². The molecule has 0 amide bonds. The van der Waals surface area contributed by atoms with Crippen molar-refractivity contribution in [2.24, 2.45) is 0 Å². The Morgan fingerprint density at radius 1 is 1.25 bits per heavy atom. The van der Waals surface area contributed by atoms with E-state index in [0.717, 1.165) is 0 Å². The number of fused-ring (bicyclic) bond motifs is 1. The van der Waals surface area contributed by atoms with Gasteiger partial charge in [-0.25, -0.2) is 18.7 Å². The second kappa shape index (κ2) is 6.42. The summed E-state index contributed by atoms with van der Waals surface area (Å²) in [4.78, 5) is 7.87. The van der Waals surface area contributed by atoms with E-state index in [9.17, 15) is 8.78 Å². The molecule has 24 heavy (non-hydrogen) atoms. The number of benzene rings is 2. The van der Waals surface area contributed by atoms with Crippen molar-refractivity contribution in [3.05, 3.63) is 65.5 Å². The van der Waals surface area contributed by atoms with Gasteiger partial charge >= 0.3 is 0 Å². The fraction of sp³-hybridized carbons (Fsp3) is 0.0556. The van der Waals surface area contributed by atoms with Crippen molar-refractivity contribution in [2.45, 2.75) is 6.92 Å². The van der Waals surface area contributed by atoms with Crippen molar-refractivity contribution in [3.8, 4) is 6.07 Å². The average molecular weight is 323 g/mol. The Morgan fingerprint density at radius 3 is 2.83 bits per heavy atom. The van der Waals surface area contributed by atoms with Crippen LogP contribution < -0.4 is 5.32 Å². The second-order valence-corrected chi connectivity index (χ2v) is 5.12. The molecular weight excluding hydrogens is 310 g/mol. The van der Waals surface area contributed by atoms with Crippen molar-refractivity contribution < 1.29 is 10.2 Å². The molecule has 1 heterocycles. The molecule has 3 rings (SSSR count). The molecule has 0 aliphatic rings. The number of hydrogen-bond donors (Lipinski definition) is 1. The fourth-order valence-corrected chi connectivity index (χ4v) is 2.36. The fourth-order valence-electron chi connectivity index (χ4n) is 2.36. The van der Waals surface area contributed by atoms with E-state index in [0.29, 0.717) is 22.0 Å². The number of halogens is 2. The van der Waals surface area contributed by atoms with E-state index >= 15 is 0 Å². The quantitative estimate of drug-likeness (QED) is 0.721. The number of nitrogens with one attached hydrogen (secondary N) is 1. The topological polar surface area (TPSA) is 61.6 Å². The number of nitriles is 1. The van der Waals surface area contributed by atoms with Gasteiger partial charge in [0.2, 0.25) is 0 Å². The summed E-state index contributed by atoms with van der Waals surface area (Å²) in [5, 5.41) is 11.7. The number of rotatable bonds is 3. The lowest BCUT2D eigenvalue weighted by atomic mass is 10.1. The largest absolute Gasteiger partial charge is 0.337 e. The molecule has 0 aliphatic carbocycles. The van der Waals surface area contributed by atoms with E-state index in [-0.39, 0.29) is 17.8 Å². The van der Waals surface area contributed by atoms with Gasteiger partial charge in [-0.05, 0) is 54.5 Å². The number of hydrogen-bond acceptors (Lipinski definition) is 4. The van der Waals surface area contributed by atoms with Crippen LogP contribution in [0.15, 0.2) is 42.7 Å². The number of anilines is 2. The smallest absolute Gasteiger partial charge is 0.147 e. The lowest BCUT2D eigenvalue weighted by Gasteiger charge is -2.12. The normalized spacial score (nSPS) is 11.5. The molecule has 3 aromatic rings. The zero-order valence-corrected chi connectivity index (χ0v) is 12.6. The van der Waals surface area contributed by atoms with Gasteiger partial charge in [0, 0.05) is 11.5 Å². The van der Waals surface area contributed by atoms with E-state index in [1.807, 2.05) is 6.07 Å². The summed E-state index contributed by atoms with van der Waals surface area (Å²) in [6, 6.07) is 8.73. The van der Waals surface area contributed by atoms with Gasteiger partial charge in [-0.1, -0.05) is 0 Å². The van der Waals surface area contributed by atoms with Crippen LogP contribution in [0.4, 0.5) is 20.3 Å². The highest BCUT2D eigenvalue weighted by molar-refractivity contribution is 5.90. The predicted octanol–water partition coefficient (Wildman–Crippen LogP) is 4.50. The summed E-state index contributed by atoms with van der Waals surface area (Å²) in [7, 11) is 0. The Labute approximate surface area is 138 Å². The minimum Gasteiger partial charge on any atom is -0.337 e. The molecule has 0 radical (unpaired) electrons. The maximum atomic E-state index is 14.5. The minimum atomic E-state index is -0.549. The first-order valence-corrected chi connectivity index (χ1v) is 7.05. The van der Waals surface area contributed by atoms with Crippen molar-refractivity contribution in [2.75, 3.05) is 5.32 Å². The molecular formula is C18H12F2N4. The van der Waals surface area contributed by atoms with Gasteiger partial charge in [-0.15, -0.1) is 0 Å². The number of aryl methyl sites for hydroxylation is 1. The summed E-state index contributed by atoms with van der Waals surface area (Å²) >= 11 is 0. The Bertz CT molecular complexity index is 1020. The zero-order chi connectivity index (χ0) is 18.0. The molecule has 0 unspecified atom stereocenters. The molecule has 0 saturated carbocycles.